The summed E-state index contributed by atoms with van der Waals surface area (Å²) in [5, 5.41) is 29.9. The van der Waals surface area contributed by atoms with Gasteiger partial charge in [0, 0.05) is 12.2 Å². The summed E-state index contributed by atoms with van der Waals surface area (Å²) in [6.45, 7) is -0.975. The van der Waals surface area contributed by atoms with Crippen LogP contribution in [0.15, 0.2) is 11.5 Å². The molecular weight excluding hydrogens is 677 g/mol. The first-order valence-corrected chi connectivity index (χ1v) is 16.9. The number of nitrogen functional groups attached to an aromatic ring is 1. The van der Waals surface area contributed by atoms with Crippen LogP contribution in [0.3, 0.4) is 0 Å². The number of hydrogen-bond donors (Lipinski definition) is 11. The third-order valence-electron chi connectivity index (χ3n) is 5.27. The monoisotopic (exact) mass is 716 g/mol. The number of unbranched alkanes of at least 4 members (excludes halogenated alkanes) is 4. The predicted octanol–water partition coefficient (Wildman–Crippen LogP) is 1.59. The van der Waals surface area contributed by atoms with E-state index in [1.807, 2.05) is 0 Å². The Balaban J connectivity index is 0. The molecule has 0 radical (unpaired) electrons. The normalized spacial score (nSPS) is 22.3. The van der Waals surface area contributed by atoms with Gasteiger partial charge in [-0.25, -0.2) is 28.6 Å². The van der Waals surface area contributed by atoms with Gasteiger partial charge >= 0.3 is 23.5 Å². The van der Waals surface area contributed by atoms with Crippen LogP contribution in [0.5, 0.6) is 0 Å². The number of ether oxygens (including phenoxy) is 1. The lowest BCUT2D eigenvalue weighted by Gasteiger charge is -2.19. The molecule has 0 spiro atoms. The van der Waals surface area contributed by atoms with Crippen LogP contribution in [0, 0.1) is 11.3 Å². The number of nitrogens with zero attached hydrogens (tertiary/aromatic N) is 5. The van der Waals surface area contributed by atoms with Gasteiger partial charge in [0.15, 0.2) is 22.8 Å². The van der Waals surface area contributed by atoms with Crippen molar-refractivity contribution in [1.29, 1.82) is 5.26 Å². The average Bonchev–Trinajstić information content (AvgIpc) is 3.36. The minimum absolute atomic E-state index is 0. The minimum atomic E-state index is -5.74. The number of aliphatic hydroxyl groups excluding tert-OH is 2. The van der Waals surface area contributed by atoms with Crippen molar-refractivity contribution in [3.8, 4) is 6.07 Å². The predicted molar refractivity (Wildman–Crippen MR) is 155 cm³/mol. The van der Waals surface area contributed by atoms with Crippen molar-refractivity contribution < 1.29 is 61.4 Å². The molecule has 0 aromatic carbocycles. The van der Waals surface area contributed by atoms with Crippen LogP contribution >= 0.6 is 35.2 Å². The fourth-order valence-corrected chi connectivity index (χ4v) is 7.43. The standard InChI is InChI=1S/C17H27N6O13P3S.4H3N/c18-6-4-2-1-3-5-7-40-17-21-14(19)11-15(22-17)23(9-20-11)16-13(25)12(24)10(34-16)8-33-38(29,30)36-39(31,32)35-37(26,27)28;;;;/h9-10,12-13,16,24-25H,1-5,7-8H2,(H,29,30)(H,31,32)(H2,19,21,22)(H2,26,27,28);4*1H3/t10-,12-,13-,16-;;;;/m1..../s1. The van der Waals surface area contributed by atoms with Crippen LogP contribution in [0.2, 0.25) is 0 Å². The van der Waals surface area contributed by atoms with Gasteiger partial charge in [0.1, 0.15) is 23.8 Å². The molecule has 1 fully saturated rings. The van der Waals surface area contributed by atoms with Gasteiger partial charge in [0.2, 0.25) is 0 Å². The number of aliphatic hydroxyl groups is 2. The van der Waals surface area contributed by atoms with Crippen LogP contribution in [-0.4, -0.2) is 80.0 Å². The minimum Gasteiger partial charge on any atom is -0.387 e. The van der Waals surface area contributed by atoms with Crippen molar-refractivity contribution in [3.05, 3.63) is 6.33 Å². The molecule has 2 aromatic heterocycles. The van der Waals surface area contributed by atoms with E-state index in [0.29, 0.717) is 17.3 Å². The topological polar surface area (TPSA) is 443 Å². The highest BCUT2D eigenvalue weighted by molar-refractivity contribution is 7.99. The molecule has 6 atom stereocenters. The number of imidazole rings is 1. The zero-order valence-electron chi connectivity index (χ0n) is 23.3. The summed E-state index contributed by atoms with van der Waals surface area (Å²) in [6.07, 6.45) is -0.897. The summed E-state index contributed by atoms with van der Waals surface area (Å²) >= 11 is 1.33. The number of thioether (sulfide) groups is 1. The van der Waals surface area contributed by atoms with Gasteiger partial charge in [-0.2, -0.15) is 13.9 Å². The second-order valence-electron chi connectivity index (χ2n) is 8.32. The van der Waals surface area contributed by atoms with Crippen LogP contribution < -0.4 is 30.3 Å². The van der Waals surface area contributed by atoms with Crippen molar-refractivity contribution in [2.24, 2.45) is 0 Å². The molecule has 44 heavy (non-hydrogen) atoms. The van der Waals surface area contributed by atoms with Crippen LogP contribution in [0.1, 0.15) is 38.3 Å². The number of fused-ring (bicyclic) bond motifs is 1. The second kappa shape index (κ2) is 18.5. The lowest BCUT2D eigenvalue weighted by Crippen LogP contribution is -2.33. The number of anilines is 1. The molecule has 27 heteroatoms. The Kier molecular flexibility index (Phi) is 18.6. The van der Waals surface area contributed by atoms with Crippen LogP contribution in [0.25, 0.3) is 11.2 Å². The Morgan fingerprint density at radius 2 is 1.61 bits per heavy atom. The summed E-state index contributed by atoms with van der Waals surface area (Å²) in [4.78, 5) is 48.8. The van der Waals surface area contributed by atoms with E-state index in [-0.39, 0.29) is 41.6 Å². The number of phosphoric acid groups is 3. The fraction of sp³-hybridized carbons (Fsp3) is 0.647. The third-order valence-corrected chi connectivity index (χ3v) is 10.0. The maximum absolute atomic E-state index is 12.0. The van der Waals surface area contributed by atoms with Gasteiger partial charge in [-0.1, -0.05) is 24.6 Å². The van der Waals surface area contributed by atoms with E-state index in [9.17, 15) is 33.7 Å². The molecule has 3 heterocycles. The maximum Gasteiger partial charge on any atom is 0.490 e. The molecule has 1 aliphatic rings. The SMILES string of the molecule is N.N.N.N.N#CCCCCCCSc1nc(N)c2ncn([C@@H]3O[C@H](COP(=O)(O)OP(=O)(O)OP(=O)(O)O)[C@@H](O)[C@H]3O)c2n1. The molecule has 1 saturated heterocycles. The van der Waals surface area contributed by atoms with Crippen molar-refractivity contribution in [2.75, 3.05) is 18.1 Å². The first-order valence-electron chi connectivity index (χ1n) is 11.4. The Labute approximate surface area is 255 Å². The van der Waals surface area contributed by atoms with Crippen LogP contribution in [-0.2, 0) is 31.6 Å². The van der Waals surface area contributed by atoms with E-state index in [1.54, 1.807) is 0 Å². The van der Waals surface area contributed by atoms with Crippen molar-refractivity contribution >= 4 is 52.2 Å². The molecule has 23 nitrogen and oxygen atoms in total. The van der Waals surface area contributed by atoms with Crippen molar-refractivity contribution in [2.45, 2.75) is 61.8 Å². The third kappa shape index (κ3) is 12.6. The Morgan fingerprint density at radius 3 is 2.23 bits per heavy atom. The summed E-state index contributed by atoms with van der Waals surface area (Å²) in [7, 11) is -16.8. The number of nitriles is 1. The smallest absolute Gasteiger partial charge is 0.387 e. The van der Waals surface area contributed by atoms with E-state index in [0.717, 1.165) is 25.7 Å². The molecule has 2 aromatic rings. The summed E-state index contributed by atoms with van der Waals surface area (Å²) < 4.78 is 52.7. The number of hydrogen-bond acceptors (Lipinski definition) is 19. The Hall–Kier alpha value is -1.68. The highest BCUT2D eigenvalue weighted by Crippen LogP contribution is 2.66. The number of phosphoric ester groups is 1. The first kappa shape index (κ1) is 44.4. The maximum atomic E-state index is 12.0. The van der Waals surface area contributed by atoms with Gasteiger partial charge in [0.25, 0.3) is 0 Å². The van der Waals surface area contributed by atoms with E-state index in [2.05, 4.69) is 34.2 Å². The lowest BCUT2D eigenvalue weighted by molar-refractivity contribution is -0.0503. The van der Waals surface area contributed by atoms with E-state index in [1.165, 1.54) is 22.7 Å². The van der Waals surface area contributed by atoms with E-state index in [4.69, 9.17) is 25.5 Å². The largest absolute Gasteiger partial charge is 0.490 e. The molecule has 256 valence electrons. The van der Waals surface area contributed by atoms with Gasteiger partial charge in [-0.05, 0) is 12.8 Å². The second-order valence-corrected chi connectivity index (χ2v) is 13.8. The molecule has 0 amide bonds. The lowest BCUT2D eigenvalue weighted by atomic mass is 10.1. The molecule has 3 rings (SSSR count). The molecule has 0 bridgehead atoms. The molecular formula is C17H39N10O13P3S. The molecule has 0 aliphatic carbocycles. The average molecular weight is 717 g/mol. The molecule has 0 saturated carbocycles. The Morgan fingerprint density at radius 1 is 0.977 bits per heavy atom. The highest BCUT2D eigenvalue weighted by atomic mass is 32.2. The summed E-state index contributed by atoms with van der Waals surface area (Å²) in [6, 6.07) is 2.10. The van der Waals surface area contributed by atoms with Gasteiger partial charge < -0.3 is 64.9 Å². The quantitative estimate of drug-likeness (QED) is 0.0539. The molecule has 1 aliphatic heterocycles. The van der Waals surface area contributed by atoms with Gasteiger partial charge in [0.05, 0.1) is 19.0 Å². The summed E-state index contributed by atoms with van der Waals surface area (Å²) in [5.74, 6) is 0.729. The number of rotatable bonds is 15. The first-order chi connectivity index (χ1) is 18.6. The zero-order valence-corrected chi connectivity index (χ0v) is 26.8. The molecule has 20 N–H and O–H groups in total. The number of aromatic nitrogens is 4. The highest BCUT2D eigenvalue weighted by Gasteiger charge is 2.47. The Bertz CT molecular complexity index is 1380. The van der Waals surface area contributed by atoms with Crippen molar-refractivity contribution in [3.63, 3.8) is 0 Å². The number of nitrogens with two attached hydrogens (primary N) is 1. The van der Waals surface area contributed by atoms with E-state index < -0.39 is 54.6 Å². The molecule has 2 unspecified atom stereocenters. The fourth-order valence-electron chi connectivity index (χ4n) is 3.56. The van der Waals surface area contributed by atoms with Crippen LogP contribution in [0.4, 0.5) is 5.82 Å². The summed E-state index contributed by atoms with van der Waals surface area (Å²) in [5.41, 5.74) is 6.35. The van der Waals surface area contributed by atoms with Gasteiger partial charge in [-0.15, -0.1) is 0 Å². The van der Waals surface area contributed by atoms with Gasteiger partial charge in [-0.3, -0.25) is 9.09 Å². The van der Waals surface area contributed by atoms with E-state index >= 15 is 0 Å². The van der Waals surface area contributed by atoms with Crippen molar-refractivity contribution in [1.82, 2.24) is 44.1 Å². The zero-order chi connectivity index (χ0) is 29.7.